The Balaban J connectivity index is 2.17. The van der Waals surface area contributed by atoms with E-state index in [4.69, 9.17) is 5.11 Å². The molecule has 3 nitrogen and oxygen atoms in total. The Kier molecular flexibility index (Phi) is 2.53. The highest BCUT2D eigenvalue weighted by atomic mass is 16.4. The van der Waals surface area contributed by atoms with Crippen molar-refractivity contribution in [1.82, 2.24) is 4.90 Å². The van der Waals surface area contributed by atoms with Gasteiger partial charge in [0.1, 0.15) is 0 Å². The quantitative estimate of drug-likeness (QED) is 0.774. The molecule has 1 saturated carbocycles. The van der Waals surface area contributed by atoms with E-state index in [1.165, 1.54) is 25.7 Å². The van der Waals surface area contributed by atoms with Gasteiger partial charge < -0.3 is 5.11 Å². The van der Waals surface area contributed by atoms with Gasteiger partial charge in [0.05, 0.1) is 6.42 Å². The van der Waals surface area contributed by atoms with Gasteiger partial charge in [-0.15, -0.1) is 0 Å². The van der Waals surface area contributed by atoms with Crippen molar-refractivity contribution in [2.24, 2.45) is 5.41 Å². The average Bonchev–Trinajstić information content (AvgIpc) is 2.68. The topological polar surface area (TPSA) is 40.5 Å². The van der Waals surface area contributed by atoms with Crippen molar-refractivity contribution in [2.45, 2.75) is 51.5 Å². The van der Waals surface area contributed by atoms with Crippen molar-refractivity contribution < 1.29 is 9.90 Å². The number of hydrogen-bond acceptors (Lipinski definition) is 2. The van der Waals surface area contributed by atoms with E-state index in [2.05, 4.69) is 18.7 Å². The number of nitrogens with zero attached hydrogens (tertiary/aromatic N) is 1. The van der Waals surface area contributed by atoms with Gasteiger partial charge in [-0.3, -0.25) is 9.69 Å². The Bertz CT molecular complexity index is 267. The van der Waals surface area contributed by atoms with E-state index in [1.54, 1.807) is 0 Å². The summed E-state index contributed by atoms with van der Waals surface area (Å²) < 4.78 is 0. The number of carboxylic acid groups (broad SMARTS) is 1. The zero-order valence-electron chi connectivity index (χ0n) is 9.75. The minimum absolute atomic E-state index is 0.116. The maximum Gasteiger partial charge on any atom is 0.305 e. The molecule has 0 spiro atoms. The van der Waals surface area contributed by atoms with E-state index in [0.717, 1.165) is 13.1 Å². The SMILES string of the molecule is CC1(C(C)(CC(=O)O)N2CCCC2)CC1. The molecule has 86 valence electrons. The van der Waals surface area contributed by atoms with Crippen LogP contribution in [0.3, 0.4) is 0 Å². The third kappa shape index (κ3) is 1.78. The first-order valence-corrected chi connectivity index (χ1v) is 5.95. The van der Waals surface area contributed by atoms with Crippen LogP contribution in [0.1, 0.15) is 46.0 Å². The zero-order chi connectivity index (χ0) is 11.1. The number of likely N-dealkylation sites (tertiary alicyclic amines) is 1. The van der Waals surface area contributed by atoms with Crippen molar-refractivity contribution in [3.63, 3.8) is 0 Å². The fraction of sp³-hybridized carbons (Fsp3) is 0.917. The van der Waals surface area contributed by atoms with Crippen molar-refractivity contribution >= 4 is 5.97 Å². The molecule has 1 N–H and O–H groups in total. The first-order chi connectivity index (χ1) is 6.98. The molecule has 1 unspecified atom stereocenters. The van der Waals surface area contributed by atoms with Gasteiger partial charge in [0, 0.05) is 5.54 Å². The number of rotatable bonds is 4. The predicted octanol–water partition coefficient (Wildman–Crippen LogP) is 2.12. The summed E-state index contributed by atoms with van der Waals surface area (Å²) in [5.41, 5.74) is 0.130. The first kappa shape index (κ1) is 10.9. The van der Waals surface area contributed by atoms with Gasteiger partial charge in [-0.25, -0.2) is 0 Å². The van der Waals surface area contributed by atoms with Gasteiger partial charge in [0.2, 0.25) is 0 Å². The normalized spacial score (nSPS) is 28.7. The van der Waals surface area contributed by atoms with Crippen LogP contribution in [0.4, 0.5) is 0 Å². The van der Waals surface area contributed by atoms with Crippen LogP contribution in [-0.4, -0.2) is 34.6 Å². The Hall–Kier alpha value is -0.570. The largest absolute Gasteiger partial charge is 0.481 e. The van der Waals surface area contributed by atoms with Crippen molar-refractivity contribution in [3.8, 4) is 0 Å². The summed E-state index contributed by atoms with van der Waals surface area (Å²) in [5, 5.41) is 9.07. The molecule has 0 aromatic rings. The highest BCUT2D eigenvalue weighted by molar-refractivity contribution is 5.68. The molecule has 0 bridgehead atoms. The Morgan fingerprint density at radius 1 is 1.40 bits per heavy atom. The van der Waals surface area contributed by atoms with E-state index in [-0.39, 0.29) is 11.0 Å². The fourth-order valence-corrected chi connectivity index (χ4v) is 2.94. The summed E-state index contributed by atoms with van der Waals surface area (Å²) in [4.78, 5) is 13.4. The molecule has 3 heteroatoms. The molecule has 0 aromatic heterocycles. The van der Waals surface area contributed by atoms with Gasteiger partial charge >= 0.3 is 5.97 Å². The standard InChI is InChI=1S/C12H21NO2/c1-11(5-6-11)12(2,9-10(14)15)13-7-3-4-8-13/h3-9H2,1-2H3,(H,14,15). The fourth-order valence-electron chi connectivity index (χ4n) is 2.94. The predicted molar refractivity (Wildman–Crippen MR) is 58.8 cm³/mol. The lowest BCUT2D eigenvalue weighted by Crippen LogP contribution is -2.52. The van der Waals surface area contributed by atoms with Crippen molar-refractivity contribution in [3.05, 3.63) is 0 Å². The Labute approximate surface area is 91.5 Å². The molecular weight excluding hydrogens is 190 g/mol. The summed E-state index contributed by atoms with van der Waals surface area (Å²) in [5.74, 6) is -0.655. The van der Waals surface area contributed by atoms with Crippen LogP contribution in [0.25, 0.3) is 0 Å². The third-order valence-corrected chi connectivity index (χ3v) is 4.60. The first-order valence-electron chi connectivity index (χ1n) is 5.95. The highest BCUT2D eigenvalue weighted by Gasteiger charge is 2.56. The van der Waals surface area contributed by atoms with Crippen LogP contribution in [0.15, 0.2) is 0 Å². The summed E-state index contributed by atoms with van der Waals surface area (Å²) >= 11 is 0. The molecule has 2 fully saturated rings. The van der Waals surface area contributed by atoms with Gasteiger partial charge in [-0.05, 0) is 51.1 Å². The van der Waals surface area contributed by atoms with Crippen LogP contribution in [-0.2, 0) is 4.79 Å². The van der Waals surface area contributed by atoms with Crippen LogP contribution >= 0.6 is 0 Å². The number of aliphatic carboxylic acids is 1. The van der Waals surface area contributed by atoms with Gasteiger partial charge in [0.25, 0.3) is 0 Å². The maximum absolute atomic E-state index is 11.0. The zero-order valence-corrected chi connectivity index (χ0v) is 9.75. The average molecular weight is 211 g/mol. The molecule has 2 rings (SSSR count). The molecule has 0 amide bonds. The molecule has 1 aliphatic carbocycles. The van der Waals surface area contributed by atoms with Gasteiger partial charge in [-0.2, -0.15) is 0 Å². The van der Waals surface area contributed by atoms with Crippen molar-refractivity contribution in [1.29, 1.82) is 0 Å². The molecule has 0 aromatic carbocycles. The number of carboxylic acids is 1. The van der Waals surface area contributed by atoms with E-state index < -0.39 is 5.97 Å². The Morgan fingerprint density at radius 2 is 1.93 bits per heavy atom. The number of carbonyl (C=O) groups is 1. The lowest BCUT2D eigenvalue weighted by Gasteiger charge is -2.43. The number of hydrogen-bond donors (Lipinski definition) is 1. The second-order valence-electron chi connectivity index (χ2n) is 5.60. The molecule has 1 saturated heterocycles. The summed E-state index contributed by atoms with van der Waals surface area (Å²) in [6, 6.07) is 0. The highest BCUT2D eigenvalue weighted by Crippen LogP contribution is 2.57. The van der Waals surface area contributed by atoms with Crippen molar-refractivity contribution in [2.75, 3.05) is 13.1 Å². The van der Waals surface area contributed by atoms with Gasteiger partial charge in [-0.1, -0.05) is 6.92 Å². The summed E-state index contributed by atoms with van der Waals surface area (Å²) in [7, 11) is 0. The van der Waals surface area contributed by atoms with Gasteiger partial charge in [0.15, 0.2) is 0 Å². The lowest BCUT2D eigenvalue weighted by atomic mass is 9.79. The summed E-state index contributed by atoms with van der Waals surface area (Å²) in [6.07, 6.45) is 5.13. The molecule has 2 aliphatic rings. The minimum Gasteiger partial charge on any atom is -0.481 e. The van der Waals surface area contributed by atoms with Crippen LogP contribution < -0.4 is 0 Å². The molecule has 1 aliphatic heterocycles. The van der Waals surface area contributed by atoms with E-state index in [9.17, 15) is 4.79 Å². The third-order valence-electron chi connectivity index (χ3n) is 4.60. The van der Waals surface area contributed by atoms with Crippen LogP contribution in [0.5, 0.6) is 0 Å². The Morgan fingerprint density at radius 3 is 2.33 bits per heavy atom. The second kappa shape index (κ2) is 3.48. The van der Waals surface area contributed by atoms with E-state index >= 15 is 0 Å². The van der Waals surface area contributed by atoms with E-state index in [0.29, 0.717) is 6.42 Å². The minimum atomic E-state index is -0.655. The molecule has 15 heavy (non-hydrogen) atoms. The van der Waals surface area contributed by atoms with E-state index in [1.807, 2.05) is 0 Å². The molecule has 0 radical (unpaired) electrons. The molecule has 1 atom stereocenters. The lowest BCUT2D eigenvalue weighted by molar-refractivity contribution is -0.141. The second-order valence-corrected chi connectivity index (χ2v) is 5.60. The maximum atomic E-state index is 11.0. The summed E-state index contributed by atoms with van der Waals surface area (Å²) in [6.45, 7) is 6.56. The smallest absolute Gasteiger partial charge is 0.305 e. The monoisotopic (exact) mass is 211 g/mol. The van der Waals surface area contributed by atoms with Crippen LogP contribution in [0, 0.1) is 5.41 Å². The molecular formula is C12H21NO2. The van der Waals surface area contributed by atoms with Crippen LogP contribution in [0.2, 0.25) is 0 Å². The molecule has 1 heterocycles.